The molecule has 4 nitrogen and oxygen atoms in total. The molecule has 0 amide bonds. The highest BCUT2D eigenvalue weighted by Gasteiger charge is 2.20. The Bertz CT molecular complexity index is 493. The summed E-state index contributed by atoms with van der Waals surface area (Å²) in [7, 11) is -2.25. The van der Waals surface area contributed by atoms with E-state index >= 15 is 0 Å². The number of nitrogens with zero attached hydrogens (tertiary/aromatic N) is 2. The van der Waals surface area contributed by atoms with E-state index in [-0.39, 0.29) is 11.4 Å². The molecule has 0 saturated heterocycles. The Morgan fingerprint density at radius 3 is 2.73 bits per heavy atom. The van der Waals surface area contributed by atoms with Crippen molar-refractivity contribution >= 4 is 21.6 Å². The SMILES string of the molecule is CN(CC#N)S(=O)(=O)c1cccc(Cl)c1. The van der Waals surface area contributed by atoms with Crippen molar-refractivity contribution in [2.75, 3.05) is 13.6 Å². The van der Waals surface area contributed by atoms with Crippen LogP contribution in [0, 0.1) is 11.3 Å². The van der Waals surface area contributed by atoms with Crippen LogP contribution >= 0.6 is 11.6 Å². The lowest BCUT2D eigenvalue weighted by Gasteiger charge is -2.13. The summed E-state index contributed by atoms with van der Waals surface area (Å²) in [6.07, 6.45) is 0. The lowest BCUT2D eigenvalue weighted by atomic mass is 10.4. The van der Waals surface area contributed by atoms with Gasteiger partial charge in [0.15, 0.2) is 0 Å². The monoisotopic (exact) mass is 244 g/mol. The van der Waals surface area contributed by atoms with Crippen molar-refractivity contribution in [3.63, 3.8) is 0 Å². The third kappa shape index (κ3) is 2.69. The summed E-state index contributed by atoms with van der Waals surface area (Å²) in [5, 5.41) is 8.77. The molecule has 6 heteroatoms. The average molecular weight is 245 g/mol. The first kappa shape index (κ1) is 12.0. The molecule has 0 radical (unpaired) electrons. The van der Waals surface area contributed by atoms with Gasteiger partial charge in [-0.05, 0) is 18.2 Å². The van der Waals surface area contributed by atoms with Gasteiger partial charge in [0.2, 0.25) is 10.0 Å². The van der Waals surface area contributed by atoms with E-state index < -0.39 is 10.0 Å². The van der Waals surface area contributed by atoms with Gasteiger partial charge in [-0.1, -0.05) is 17.7 Å². The normalized spacial score (nSPS) is 11.3. The summed E-state index contributed by atoms with van der Waals surface area (Å²) in [6.45, 7) is -0.186. The second-order valence-corrected chi connectivity index (χ2v) is 5.36. The number of hydrogen-bond donors (Lipinski definition) is 0. The van der Waals surface area contributed by atoms with E-state index in [1.807, 2.05) is 0 Å². The van der Waals surface area contributed by atoms with E-state index in [0.29, 0.717) is 5.02 Å². The molecule has 0 heterocycles. The lowest BCUT2D eigenvalue weighted by molar-refractivity contribution is 0.501. The minimum Gasteiger partial charge on any atom is -0.207 e. The molecule has 1 aromatic carbocycles. The second-order valence-electron chi connectivity index (χ2n) is 2.88. The maximum atomic E-state index is 11.8. The minimum absolute atomic E-state index is 0.0905. The summed E-state index contributed by atoms with van der Waals surface area (Å²) in [4.78, 5) is 0.0905. The molecule has 0 aromatic heterocycles. The molecule has 0 N–H and O–H groups in total. The van der Waals surface area contributed by atoms with E-state index in [2.05, 4.69) is 0 Å². The first-order valence-corrected chi connectivity index (χ1v) is 5.89. The number of rotatable bonds is 3. The molecule has 0 fully saturated rings. The van der Waals surface area contributed by atoms with Crippen LogP contribution in [-0.2, 0) is 10.0 Å². The molecular formula is C9H9ClN2O2S. The quantitative estimate of drug-likeness (QED) is 0.757. The van der Waals surface area contributed by atoms with Gasteiger partial charge in [-0.15, -0.1) is 0 Å². The maximum Gasteiger partial charge on any atom is 0.243 e. The first-order valence-electron chi connectivity index (χ1n) is 4.07. The van der Waals surface area contributed by atoms with Crippen LogP contribution < -0.4 is 0 Å². The molecular weight excluding hydrogens is 236 g/mol. The van der Waals surface area contributed by atoms with Crippen molar-refractivity contribution in [3.05, 3.63) is 29.3 Å². The van der Waals surface area contributed by atoms with Crippen molar-refractivity contribution in [2.45, 2.75) is 4.90 Å². The largest absolute Gasteiger partial charge is 0.243 e. The molecule has 0 unspecified atom stereocenters. The van der Waals surface area contributed by atoms with Gasteiger partial charge >= 0.3 is 0 Å². The molecule has 0 atom stereocenters. The van der Waals surface area contributed by atoms with E-state index in [1.54, 1.807) is 18.2 Å². The van der Waals surface area contributed by atoms with Crippen LogP contribution in [0.5, 0.6) is 0 Å². The Labute approximate surface area is 93.7 Å². The standard InChI is InChI=1S/C9H9ClN2O2S/c1-12(6-5-11)15(13,14)9-4-2-3-8(10)7-9/h2-4,7H,6H2,1H3. The molecule has 0 saturated carbocycles. The van der Waals surface area contributed by atoms with Crippen LogP contribution in [0.25, 0.3) is 0 Å². The zero-order valence-corrected chi connectivity index (χ0v) is 9.59. The van der Waals surface area contributed by atoms with Gasteiger partial charge in [-0.2, -0.15) is 9.57 Å². The summed E-state index contributed by atoms with van der Waals surface area (Å²) in [5.74, 6) is 0. The van der Waals surface area contributed by atoms with Crippen molar-refractivity contribution in [2.24, 2.45) is 0 Å². The fraction of sp³-hybridized carbons (Fsp3) is 0.222. The molecule has 15 heavy (non-hydrogen) atoms. The highest BCUT2D eigenvalue weighted by Crippen LogP contribution is 2.18. The Morgan fingerprint density at radius 1 is 1.53 bits per heavy atom. The highest BCUT2D eigenvalue weighted by molar-refractivity contribution is 7.89. The average Bonchev–Trinajstić information content (AvgIpc) is 2.18. The van der Waals surface area contributed by atoms with Crippen molar-refractivity contribution < 1.29 is 8.42 Å². The Kier molecular flexibility index (Phi) is 3.69. The summed E-state index contributed by atoms with van der Waals surface area (Å²) < 4.78 is 24.6. The predicted molar refractivity (Wildman–Crippen MR) is 56.9 cm³/mol. The third-order valence-electron chi connectivity index (χ3n) is 1.80. The van der Waals surface area contributed by atoms with Crippen LogP contribution in [-0.4, -0.2) is 26.3 Å². The molecule has 0 spiro atoms. The predicted octanol–water partition coefficient (Wildman–Crippen LogP) is 1.48. The van der Waals surface area contributed by atoms with Gasteiger partial charge in [0.05, 0.1) is 11.0 Å². The van der Waals surface area contributed by atoms with Gasteiger partial charge in [0.1, 0.15) is 6.54 Å². The van der Waals surface area contributed by atoms with Crippen molar-refractivity contribution in [3.8, 4) is 6.07 Å². The van der Waals surface area contributed by atoms with E-state index in [4.69, 9.17) is 16.9 Å². The van der Waals surface area contributed by atoms with Crippen molar-refractivity contribution in [1.29, 1.82) is 5.26 Å². The highest BCUT2D eigenvalue weighted by atomic mass is 35.5. The summed E-state index contributed by atoms with van der Waals surface area (Å²) in [5.41, 5.74) is 0. The molecule has 80 valence electrons. The smallest absolute Gasteiger partial charge is 0.207 e. The first-order chi connectivity index (χ1) is 6.98. The molecule has 1 rings (SSSR count). The lowest BCUT2D eigenvalue weighted by Crippen LogP contribution is -2.27. The van der Waals surface area contributed by atoms with Gasteiger partial charge in [0, 0.05) is 12.1 Å². The summed E-state index contributed by atoms with van der Waals surface area (Å²) in [6, 6.07) is 7.70. The third-order valence-corrected chi connectivity index (χ3v) is 3.83. The number of halogens is 1. The molecule has 0 aliphatic heterocycles. The van der Waals surface area contributed by atoms with Crippen LogP contribution in [0.3, 0.4) is 0 Å². The molecule has 0 bridgehead atoms. The zero-order valence-electron chi connectivity index (χ0n) is 8.01. The van der Waals surface area contributed by atoms with E-state index in [0.717, 1.165) is 4.31 Å². The van der Waals surface area contributed by atoms with Crippen molar-refractivity contribution in [1.82, 2.24) is 4.31 Å². The maximum absolute atomic E-state index is 11.8. The number of nitriles is 1. The van der Waals surface area contributed by atoms with Gasteiger partial charge < -0.3 is 0 Å². The Morgan fingerprint density at radius 2 is 2.20 bits per heavy atom. The summed E-state index contributed by atoms with van der Waals surface area (Å²) >= 11 is 5.68. The van der Waals surface area contributed by atoms with Crippen LogP contribution in [0.15, 0.2) is 29.2 Å². The van der Waals surface area contributed by atoms with Gasteiger partial charge in [-0.25, -0.2) is 8.42 Å². The zero-order chi connectivity index (χ0) is 11.5. The van der Waals surface area contributed by atoms with E-state index in [9.17, 15) is 8.42 Å². The topological polar surface area (TPSA) is 61.2 Å². The van der Waals surface area contributed by atoms with Gasteiger partial charge in [-0.3, -0.25) is 0 Å². The Hall–Kier alpha value is -1.09. The fourth-order valence-electron chi connectivity index (χ4n) is 0.992. The fourth-order valence-corrected chi connectivity index (χ4v) is 2.36. The molecule has 0 aliphatic rings. The number of sulfonamides is 1. The second kappa shape index (κ2) is 4.62. The Balaban J connectivity index is 3.13. The minimum atomic E-state index is -3.60. The van der Waals surface area contributed by atoms with Crippen LogP contribution in [0.1, 0.15) is 0 Å². The van der Waals surface area contributed by atoms with E-state index in [1.165, 1.54) is 19.2 Å². The molecule has 1 aromatic rings. The van der Waals surface area contributed by atoms with Crippen LogP contribution in [0.4, 0.5) is 0 Å². The van der Waals surface area contributed by atoms with Gasteiger partial charge in [0.25, 0.3) is 0 Å². The van der Waals surface area contributed by atoms with Crippen LogP contribution in [0.2, 0.25) is 5.02 Å². The molecule has 0 aliphatic carbocycles. The number of benzene rings is 1. The number of hydrogen-bond acceptors (Lipinski definition) is 3.